The first-order valence-electron chi connectivity index (χ1n) is 35.7. The van der Waals surface area contributed by atoms with E-state index in [0.29, 0.717) is 38.9 Å². The molecular weight excluding hydrogens is 1240 g/mol. The summed E-state index contributed by atoms with van der Waals surface area (Å²) in [6.07, 6.45) is 0.383. The largest absolute Gasteiger partial charge is 0.390 e. The van der Waals surface area contributed by atoms with Crippen molar-refractivity contribution in [2.75, 3.05) is 88.8 Å². The Kier molecular flexibility index (Phi) is 37.2. The van der Waals surface area contributed by atoms with Gasteiger partial charge in [0.2, 0.25) is 53.2 Å². The number of morpholine rings is 1. The van der Waals surface area contributed by atoms with Gasteiger partial charge in [-0.15, -0.1) is 0 Å². The summed E-state index contributed by atoms with van der Waals surface area (Å²) in [6.45, 7) is 31.9. The van der Waals surface area contributed by atoms with Crippen LogP contribution in [0.4, 0.5) is 0 Å². The van der Waals surface area contributed by atoms with E-state index < -0.39 is 161 Å². The average molecular weight is 1370 g/mol. The molecule has 554 valence electrons. The number of rotatable bonds is 22. The molecule has 25 heteroatoms. The van der Waals surface area contributed by atoms with Crippen molar-refractivity contribution in [3.8, 4) is 6.07 Å². The fourth-order valence-electron chi connectivity index (χ4n) is 13.2. The van der Waals surface area contributed by atoms with Crippen LogP contribution in [-0.4, -0.2) is 264 Å². The van der Waals surface area contributed by atoms with Gasteiger partial charge in [-0.25, -0.2) is 0 Å². The van der Waals surface area contributed by atoms with Gasteiger partial charge in [0.25, 0.3) is 0 Å². The number of aliphatic hydroxyl groups is 1. The molecular formula is C72H127N11O14. The lowest BCUT2D eigenvalue weighted by Gasteiger charge is -2.41. The van der Waals surface area contributed by atoms with Crippen LogP contribution in [0.5, 0.6) is 0 Å². The van der Waals surface area contributed by atoms with Gasteiger partial charge in [0.05, 0.1) is 37.5 Å². The summed E-state index contributed by atoms with van der Waals surface area (Å²) >= 11 is 0. The summed E-state index contributed by atoms with van der Waals surface area (Å²) in [4.78, 5) is 175. The average Bonchev–Trinajstić information content (AvgIpc) is 0.808. The van der Waals surface area contributed by atoms with Crippen molar-refractivity contribution < 1.29 is 67.3 Å². The quantitative estimate of drug-likeness (QED) is 0.114. The molecule has 0 aromatic carbocycles. The second kappa shape index (κ2) is 41.5. The zero-order valence-electron chi connectivity index (χ0n) is 63.5. The summed E-state index contributed by atoms with van der Waals surface area (Å²) < 4.78 is 11.9. The van der Waals surface area contributed by atoms with Crippen molar-refractivity contribution in [3.63, 3.8) is 0 Å². The number of Topliss-reactive ketones (excluding diaryl/α,β-unsaturated/α-hetero) is 2. The highest BCUT2D eigenvalue weighted by Gasteiger charge is 2.47. The Morgan fingerprint density at radius 2 is 1.04 bits per heavy atom. The number of carbonyl (C=O) groups is 11. The zero-order chi connectivity index (χ0) is 74.2. The molecule has 2 aliphatic rings. The van der Waals surface area contributed by atoms with Gasteiger partial charge in [-0.05, 0) is 114 Å². The van der Waals surface area contributed by atoms with Crippen LogP contribution in [0.2, 0.25) is 0 Å². The molecule has 2 saturated heterocycles. The highest BCUT2D eigenvalue weighted by atomic mass is 16.5. The molecule has 9 amide bonds. The molecule has 97 heavy (non-hydrogen) atoms. The van der Waals surface area contributed by atoms with E-state index in [0.717, 1.165) is 35.9 Å². The number of nitriles is 1. The third-order valence-electron chi connectivity index (χ3n) is 19.7. The first-order valence-corrected chi connectivity index (χ1v) is 35.7. The number of hydrogen-bond acceptors (Lipinski definition) is 16. The Bertz CT molecular complexity index is 2640. The number of amides is 9. The van der Waals surface area contributed by atoms with Crippen LogP contribution in [0.25, 0.3) is 0 Å². The maximum absolute atomic E-state index is 15.4. The van der Waals surface area contributed by atoms with Crippen LogP contribution in [0, 0.1) is 58.7 Å². The minimum absolute atomic E-state index is 0.0135. The number of ether oxygens (including phenoxy) is 2. The molecule has 2 fully saturated rings. The lowest BCUT2D eigenvalue weighted by atomic mass is 9.85. The second-order valence-electron chi connectivity index (χ2n) is 29.7. The summed E-state index contributed by atoms with van der Waals surface area (Å²) in [5, 5.41) is 27.2. The first-order chi connectivity index (χ1) is 45.2. The monoisotopic (exact) mass is 1370 g/mol. The van der Waals surface area contributed by atoms with E-state index in [4.69, 9.17) is 9.47 Å². The molecule has 0 saturated carbocycles. The molecule has 25 nitrogen and oxygen atoms in total. The SMILES string of the molecule is CC[C@@H]1NC(=O)[C@H]([C@H](O)[C@H](C)CCCCC#N)N(C)C(=O)[C@H](C(C)C)N(C)C(=O)[C@H](CC(C)C)N(C)C(=O)[C@H](CC(C)C)N(C)C(=O)[C@@H](C)NC(=O)[C@H](C)CC(=O)[C@H](CC(C)C)N(C)C(=O)[C@H](C(C)C)CC(=O)[C@H]([C@@H](C)OCCCCN2CCOCC2)N(C)C(=O)[C@@H](C)N(C)C1=O. The van der Waals surface area contributed by atoms with Gasteiger partial charge in [-0.2, -0.15) is 5.26 Å². The number of likely N-dealkylation sites (N-methyl/N-ethyl adjacent to an activating group) is 7. The number of ketones is 2. The van der Waals surface area contributed by atoms with E-state index in [-0.39, 0.29) is 69.3 Å². The molecule has 2 heterocycles. The summed E-state index contributed by atoms with van der Waals surface area (Å²) in [5.41, 5.74) is 0. The second-order valence-corrected chi connectivity index (χ2v) is 29.7. The van der Waals surface area contributed by atoms with Crippen molar-refractivity contribution >= 4 is 64.7 Å². The summed E-state index contributed by atoms with van der Waals surface area (Å²) in [6, 6.07) is -9.26. The molecule has 2 aliphatic heterocycles. The van der Waals surface area contributed by atoms with E-state index in [2.05, 4.69) is 21.6 Å². The molecule has 0 bridgehead atoms. The zero-order valence-corrected chi connectivity index (χ0v) is 63.5. The lowest BCUT2D eigenvalue weighted by Crippen LogP contribution is -2.64. The Labute approximate surface area is 581 Å². The molecule has 0 radical (unpaired) electrons. The van der Waals surface area contributed by atoms with Crippen molar-refractivity contribution in [3.05, 3.63) is 0 Å². The number of nitrogens with one attached hydrogen (secondary N) is 2. The van der Waals surface area contributed by atoms with Crippen molar-refractivity contribution in [2.24, 2.45) is 47.3 Å². The minimum atomic E-state index is -1.66. The van der Waals surface area contributed by atoms with Gasteiger partial charge in [0.1, 0.15) is 48.3 Å². The maximum atomic E-state index is 15.4. The number of unbranched alkanes of at least 4 members (excludes halogenated alkanes) is 3. The summed E-state index contributed by atoms with van der Waals surface area (Å²) in [5.74, 6) is -11.0. The number of hydrogen-bond donors (Lipinski definition) is 3. The molecule has 0 unspecified atom stereocenters. The summed E-state index contributed by atoms with van der Waals surface area (Å²) in [7, 11) is 10.0. The predicted molar refractivity (Wildman–Crippen MR) is 373 cm³/mol. The highest BCUT2D eigenvalue weighted by molar-refractivity contribution is 6.00. The van der Waals surface area contributed by atoms with Crippen LogP contribution >= 0.6 is 0 Å². The van der Waals surface area contributed by atoms with Gasteiger partial charge in [-0.1, -0.05) is 96.4 Å². The van der Waals surface area contributed by atoms with Crippen LogP contribution in [0.1, 0.15) is 188 Å². The van der Waals surface area contributed by atoms with Gasteiger partial charge < -0.3 is 59.5 Å². The maximum Gasteiger partial charge on any atom is 0.246 e. The van der Waals surface area contributed by atoms with Crippen LogP contribution < -0.4 is 10.6 Å². The van der Waals surface area contributed by atoms with Crippen molar-refractivity contribution in [2.45, 2.75) is 254 Å². The molecule has 3 N–H and O–H groups in total. The van der Waals surface area contributed by atoms with Gasteiger partial charge in [0, 0.05) is 100 Å². The van der Waals surface area contributed by atoms with E-state index in [1.165, 1.54) is 87.7 Å². The fourth-order valence-corrected chi connectivity index (χ4v) is 13.2. The van der Waals surface area contributed by atoms with Crippen molar-refractivity contribution in [1.29, 1.82) is 5.26 Å². The van der Waals surface area contributed by atoms with Crippen LogP contribution in [0.15, 0.2) is 0 Å². The number of carbonyl (C=O) groups excluding carboxylic acids is 11. The predicted octanol–water partition coefficient (Wildman–Crippen LogP) is 5.43. The Hall–Kier alpha value is -6.10. The van der Waals surface area contributed by atoms with Crippen molar-refractivity contribution in [1.82, 2.24) is 49.8 Å². The Balaban J connectivity index is 3.02. The topological polar surface area (TPSA) is 300 Å². The van der Waals surface area contributed by atoms with E-state index in [1.54, 1.807) is 55.4 Å². The first kappa shape index (κ1) is 87.0. The fraction of sp³-hybridized carbons (Fsp3) is 0.833. The van der Waals surface area contributed by atoms with Gasteiger partial charge >= 0.3 is 0 Å². The van der Waals surface area contributed by atoms with E-state index >= 15 is 33.6 Å². The standard InChI is InChI=1S/C72H127N11O14/c1-24-54-69(92)76(17)51(15)67(90)81(22)61(52(16)97-35-29-28-32-83-33-36-96-37-34-83)59(85)42-53(46(8)9)68(91)77(18)55(38-43(2)3)58(84)41-49(13)64(87)74-50(14)66(89)78(19)56(39-44(4)5)70(93)79(20)57(40-45(6)7)71(94)80(21)60(47(10)11)72(95)82(23)62(65(88)75-54)63(86)48(12)30-26-25-27-31-73/h43-57,60-63,86H,24-30,32-42H2,1-23H3,(H,74,87)(H,75,88)/t48-,49-,50-,51-,52-,53+,54+,55+,56+,57+,60+,61+,62+,63-/m1/s1. The molecule has 0 aromatic heterocycles. The third-order valence-corrected chi connectivity index (χ3v) is 19.7. The van der Waals surface area contributed by atoms with Gasteiger partial charge in [0.15, 0.2) is 11.6 Å². The molecule has 0 aliphatic carbocycles. The third kappa shape index (κ3) is 25.2. The Morgan fingerprint density at radius 3 is 1.56 bits per heavy atom. The smallest absolute Gasteiger partial charge is 0.246 e. The number of aliphatic hydroxyl groups excluding tert-OH is 1. The normalized spacial score (nSPS) is 27.2. The minimum Gasteiger partial charge on any atom is -0.390 e. The van der Waals surface area contributed by atoms with E-state index in [1.807, 2.05) is 41.5 Å². The molecule has 2 rings (SSSR count). The molecule has 0 spiro atoms. The van der Waals surface area contributed by atoms with Crippen LogP contribution in [-0.2, 0) is 62.2 Å². The van der Waals surface area contributed by atoms with Crippen LogP contribution in [0.3, 0.4) is 0 Å². The Morgan fingerprint density at radius 1 is 0.536 bits per heavy atom. The molecule has 14 atom stereocenters. The lowest BCUT2D eigenvalue weighted by molar-refractivity contribution is -0.157. The number of nitrogens with zero attached hydrogens (tertiary/aromatic N) is 9. The molecule has 0 aromatic rings. The van der Waals surface area contributed by atoms with Gasteiger partial charge in [-0.3, -0.25) is 57.6 Å². The highest BCUT2D eigenvalue weighted by Crippen LogP contribution is 2.29. The van der Waals surface area contributed by atoms with E-state index in [9.17, 15) is 29.5 Å².